The van der Waals surface area contributed by atoms with Gasteiger partial charge < -0.3 is 14.2 Å². The summed E-state index contributed by atoms with van der Waals surface area (Å²) in [6.07, 6.45) is 24.7. The van der Waals surface area contributed by atoms with Crippen LogP contribution in [0.15, 0.2) is 77.7 Å². The molecule has 1 aliphatic rings. The first kappa shape index (κ1) is 47.0. The molecule has 0 amide bonds. The summed E-state index contributed by atoms with van der Waals surface area (Å²) in [6.45, 7) is 9.70. The van der Waals surface area contributed by atoms with Crippen molar-refractivity contribution in [3.05, 3.63) is 100.0 Å². The van der Waals surface area contributed by atoms with E-state index in [2.05, 4.69) is 82.0 Å². The van der Waals surface area contributed by atoms with E-state index in [1.54, 1.807) is 0 Å². The molecule has 1 saturated heterocycles. The summed E-state index contributed by atoms with van der Waals surface area (Å²) in [5.41, 5.74) is 3.71. The van der Waals surface area contributed by atoms with Crippen LogP contribution in [0.2, 0.25) is 0 Å². The molecule has 0 unspecified atom stereocenters. The average Bonchev–Trinajstić information content (AvgIpc) is 3.12. The van der Waals surface area contributed by atoms with Crippen molar-refractivity contribution in [2.45, 2.75) is 129 Å². The largest absolute Gasteiger partial charge is 0.488 e. The molecule has 0 bridgehead atoms. The van der Waals surface area contributed by atoms with E-state index in [9.17, 15) is 4.79 Å². The Morgan fingerprint density at radius 2 is 1.04 bits per heavy atom. The molecule has 0 atom stereocenters. The van der Waals surface area contributed by atoms with E-state index in [0.29, 0.717) is 12.4 Å². The molecule has 288 valence electrons. The van der Waals surface area contributed by atoms with E-state index in [-0.39, 0.29) is 42.6 Å². The third-order valence-electron chi connectivity index (χ3n) is 10.0. The van der Waals surface area contributed by atoms with Crippen LogP contribution in [0.1, 0.15) is 126 Å². The Balaban J connectivity index is 0.00000433. The molecule has 0 N–H and O–H groups in total. The summed E-state index contributed by atoms with van der Waals surface area (Å²) >= 11 is 0. The minimum atomic E-state index is 0. The topological polar surface area (TPSA) is 37.7 Å². The molecule has 8 heteroatoms. The maximum absolute atomic E-state index is 13.2. The van der Waals surface area contributed by atoms with Crippen molar-refractivity contribution in [2.75, 3.05) is 39.3 Å². The number of unbranched alkanes of at least 4 members (excludes halogenated alkanes) is 15. The normalized spacial score (nSPS) is 13.2. The average molecular weight is 765 g/mol. The van der Waals surface area contributed by atoms with Gasteiger partial charge in [0.25, 0.3) is 0 Å². The van der Waals surface area contributed by atoms with Crippen molar-refractivity contribution in [1.29, 1.82) is 0 Å². The van der Waals surface area contributed by atoms with E-state index < -0.39 is 0 Å². The Morgan fingerprint density at radius 1 is 0.569 bits per heavy atom. The van der Waals surface area contributed by atoms with Gasteiger partial charge in [0.15, 0.2) is 5.75 Å². The second-order valence-electron chi connectivity index (χ2n) is 14.1. The highest BCUT2D eigenvalue weighted by molar-refractivity contribution is 5.86. The van der Waals surface area contributed by atoms with Crippen LogP contribution in [0.5, 0.6) is 5.75 Å². The molecular formula is C43H68Cl3N3O2. The van der Waals surface area contributed by atoms with Gasteiger partial charge in [-0.25, -0.2) is 0 Å². The molecule has 0 spiro atoms. The lowest BCUT2D eigenvalue weighted by atomic mass is 10.0. The fourth-order valence-electron chi connectivity index (χ4n) is 6.93. The smallest absolute Gasteiger partial charge is 0.223 e. The van der Waals surface area contributed by atoms with E-state index in [1.807, 2.05) is 12.3 Å². The van der Waals surface area contributed by atoms with Crippen molar-refractivity contribution in [1.82, 2.24) is 14.4 Å². The molecule has 4 rings (SSSR count). The maximum atomic E-state index is 13.2. The van der Waals surface area contributed by atoms with E-state index in [4.69, 9.17) is 4.74 Å². The van der Waals surface area contributed by atoms with Gasteiger partial charge in [0.1, 0.15) is 0 Å². The zero-order chi connectivity index (χ0) is 33.5. The molecule has 1 aromatic heterocycles. The highest BCUT2D eigenvalue weighted by Gasteiger charge is 2.19. The Hall–Kier alpha value is -2.02. The van der Waals surface area contributed by atoms with Crippen LogP contribution in [0.25, 0.3) is 0 Å². The predicted molar refractivity (Wildman–Crippen MR) is 225 cm³/mol. The van der Waals surface area contributed by atoms with Crippen LogP contribution < -0.4 is 10.2 Å². The number of ether oxygens (including phenoxy) is 1. The summed E-state index contributed by atoms with van der Waals surface area (Å²) in [7, 11) is 0. The lowest BCUT2D eigenvalue weighted by molar-refractivity contribution is 0.126. The SMILES string of the molecule is CCCCCCCCCCCCCCCCCCOc1cn(Cc2ccccc2)c(CN2CCN(CCc3ccccc3)CC2)cc1=O.Cl.Cl.Cl. The first-order valence-corrected chi connectivity index (χ1v) is 19.6. The van der Waals surface area contributed by atoms with Gasteiger partial charge in [-0.15, -0.1) is 37.2 Å². The third-order valence-corrected chi connectivity index (χ3v) is 10.0. The van der Waals surface area contributed by atoms with Crippen molar-refractivity contribution in [3.63, 3.8) is 0 Å². The van der Waals surface area contributed by atoms with Crippen LogP contribution in [0, 0.1) is 0 Å². The van der Waals surface area contributed by atoms with Crippen LogP contribution in [0.3, 0.4) is 0 Å². The minimum absolute atomic E-state index is 0. The fraction of sp³-hybridized carbons (Fsp3) is 0.605. The number of piperazine rings is 1. The summed E-state index contributed by atoms with van der Waals surface area (Å²) in [6, 6.07) is 23.1. The number of nitrogens with zero attached hydrogens (tertiary/aromatic N) is 3. The number of pyridine rings is 1. The quantitative estimate of drug-likeness (QED) is 0.0805. The van der Waals surface area contributed by atoms with E-state index in [0.717, 1.165) is 64.3 Å². The Morgan fingerprint density at radius 3 is 1.57 bits per heavy atom. The van der Waals surface area contributed by atoms with Crippen molar-refractivity contribution in [3.8, 4) is 5.75 Å². The summed E-state index contributed by atoms with van der Waals surface area (Å²) in [5, 5.41) is 0. The molecule has 0 radical (unpaired) electrons. The molecule has 5 nitrogen and oxygen atoms in total. The number of halogens is 3. The van der Waals surface area contributed by atoms with Crippen LogP contribution in [-0.4, -0.2) is 53.7 Å². The highest BCUT2D eigenvalue weighted by atomic mass is 35.5. The predicted octanol–water partition coefficient (Wildman–Crippen LogP) is 11.2. The lowest BCUT2D eigenvalue weighted by Gasteiger charge is -2.35. The lowest BCUT2D eigenvalue weighted by Crippen LogP contribution is -2.46. The van der Waals surface area contributed by atoms with Gasteiger partial charge in [0.2, 0.25) is 5.43 Å². The molecule has 2 aromatic carbocycles. The van der Waals surface area contributed by atoms with Crippen LogP contribution in [-0.2, 0) is 19.5 Å². The molecule has 3 aromatic rings. The Bertz CT molecular complexity index is 1300. The van der Waals surface area contributed by atoms with E-state index >= 15 is 0 Å². The van der Waals surface area contributed by atoms with Crippen molar-refractivity contribution < 1.29 is 4.74 Å². The molecular weight excluding hydrogens is 697 g/mol. The summed E-state index contributed by atoms with van der Waals surface area (Å²) < 4.78 is 8.34. The number of hydrogen-bond acceptors (Lipinski definition) is 4. The number of rotatable bonds is 25. The van der Waals surface area contributed by atoms with Gasteiger partial charge in [-0.05, 0) is 24.0 Å². The monoisotopic (exact) mass is 763 g/mol. The van der Waals surface area contributed by atoms with E-state index in [1.165, 1.54) is 107 Å². The van der Waals surface area contributed by atoms with Gasteiger partial charge in [-0.1, -0.05) is 164 Å². The summed E-state index contributed by atoms with van der Waals surface area (Å²) in [5.74, 6) is 0.487. The summed E-state index contributed by atoms with van der Waals surface area (Å²) in [4.78, 5) is 18.3. The fourth-order valence-corrected chi connectivity index (χ4v) is 6.93. The van der Waals surface area contributed by atoms with Gasteiger partial charge in [-0.2, -0.15) is 0 Å². The molecule has 51 heavy (non-hydrogen) atoms. The minimum Gasteiger partial charge on any atom is -0.488 e. The standard InChI is InChI=1S/C43H65N3O2.3ClH/c1-2-3-4-5-6-7-8-9-10-11-12-13-14-15-16-23-34-48-43-38-46(36-40-26-21-18-22-27-40)41(35-42(43)47)37-45-32-30-44(31-33-45)29-28-39-24-19-17-20-25-39;;;/h17-22,24-27,35,38H,2-16,23,28-34,36-37H2,1H3;3*1H. The van der Waals surface area contributed by atoms with Gasteiger partial charge in [0.05, 0.1) is 12.8 Å². The van der Waals surface area contributed by atoms with Crippen LogP contribution in [0.4, 0.5) is 0 Å². The van der Waals surface area contributed by atoms with Gasteiger partial charge in [-0.3, -0.25) is 9.69 Å². The molecule has 2 heterocycles. The molecule has 0 aliphatic carbocycles. The van der Waals surface area contributed by atoms with Crippen LogP contribution >= 0.6 is 37.2 Å². The number of hydrogen-bond donors (Lipinski definition) is 0. The number of aromatic nitrogens is 1. The molecule has 1 fully saturated rings. The van der Waals surface area contributed by atoms with Crippen molar-refractivity contribution in [2.24, 2.45) is 0 Å². The third kappa shape index (κ3) is 19.6. The zero-order valence-electron chi connectivity index (χ0n) is 31.5. The zero-order valence-corrected chi connectivity index (χ0v) is 33.9. The maximum Gasteiger partial charge on any atom is 0.223 e. The first-order chi connectivity index (χ1) is 23.7. The molecule has 1 aliphatic heterocycles. The second kappa shape index (κ2) is 29.4. The number of benzene rings is 2. The second-order valence-corrected chi connectivity index (χ2v) is 14.1. The first-order valence-electron chi connectivity index (χ1n) is 19.6. The van der Waals surface area contributed by atoms with Crippen molar-refractivity contribution >= 4 is 37.2 Å². The Labute approximate surface area is 329 Å². The Kier molecular flexibility index (Phi) is 27.1. The molecule has 0 saturated carbocycles. The van der Waals surface area contributed by atoms with Gasteiger partial charge in [0, 0.05) is 57.6 Å². The highest BCUT2D eigenvalue weighted by Crippen LogP contribution is 2.17. The van der Waals surface area contributed by atoms with Gasteiger partial charge >= 0.3 is 0 Å².